The summed E-state index contributed by atoms with van der Waals surface area (Å²) in [5.74, 6) is 2.97. The van der Waals surface area contributed by atoms with Gasteiger partial charge >= 0.3 is 12.9 Å². The number of rotatable bonds is 11. The summed E-state index contributed by atoms with van der Waals surface area (Å²) in [5, 5.41) is 52.6. The summed E-state index contributed by atoms with van der Waals surface area (Å²) in [6.07, 6.45) is 5.23. The van der Waals surface area contributed by atoms with E-state index in [-0.39, 0.29) is 67.6 Å². The molecular formula is C48H101BN12O9PS+. The van der Waals surface area contributed by atoms with Crippen LogP contribution in [0, 0.1) is 37.9 Å². The van der Waals surface area contributed by atoms with E-state index < -0.39 is 24.3 Å². The average molecular weight is 1060 g/mol. The maximum atomic E-state index is 10.9. The van der Waals surface area contributed by atoms with Crippen molar-refractivity contribution in [3.63, 3.8) is 0 Å². The van der Waals surface area contributed by atoms with Gasteiger partial charge in [0.1, 0.15) is 33.8 Å². The lowest BCUT2D eigenvalue weighted by Gasteiger charge is -2.19. The second kappa shape index (κ2) is 31.9. The number of nitrogens with one attached hydrogen (secondary N) is 2. The molecule has 0 amide bonds. The van der Waals surface area contributed by atoms with Crippen molar-refractivity contribution in [3.05, 3.63) is 17.5 Å². The number of H-pyrrole nitrogens is 2. The molecule has 3 aromatic rings. The van der Waals surface area contributed by atoms with Gasteiger partial charge in [0.25, 0.3) is 0 Å². The van der Waals surface area contributed by atoms with Crippen molar-refractivity contribution in [3.8, 4) is 0 Å². The van der Waals surface area contributed by atoms with Gasteiger partial charge in [-0.3, -0.25) is 14.2 Å². The maximum absolute atomic E-state index is 10.9. The van der Waals surface area contributed by atoms with Crippen molar-refractivity contribution in [2.24, 2.45) is 37.9 Å². The van der Waals surface area contributed by atoms with Crippen LogP contribution in [0.4, 0.5) is 0 Å². The molecule has 0 saturated heterocycles. The predicted octanol–water partition coefficient (Wildman–Crippen LogP) is 7.44. The van der Waals surface area contributed by atoms with Crippen molar-refractivity contribution >= 4 is 41.7 Å². The first-order valence-corrected chi connectivity index (χ1v) is 28.5. The average Bonchev–Trinajstić information content (AvgIpc) is 3.78. The molecule has 0 spiro atoms. The smallest absolute Gasteiger partial charge is 0.427 e. The second-order valence-electron chi connectivity index (χ2n) is 27.1. The van der Waals surface area contributed by atoms with E-state index in [1.807, 2.05) is 62.3 Å². The highest BCUT2D eigenvalue weighted by molar-refractivity contribution is 7.90. The zero-order valence-electron chi connectivity index (χ0n) is 49.6. The van der Waals surface area contributed by atoms with E-state index in [0.717, 1.165) is 30.9 Å². The van der Waals surface area contributed by atoms with Crippen LogP contribution in [-0.4, -0.2) is 129 Å². The molecule has 3 rings (SSSR count). The number of Topliss-reactive ketones (excluding diaryl/α,β-unsaturated/α-hetero) is 3. The van der Waals surface area contributed by atoms with Gasteiger partial charge in [-0.25, -0.2) is 8.42 Å². The lowest BCUT2D eigenvalue weighted by Crippen LogP contribution is -2.43. The number of carbonyl (C=O) groups excluding carboxylic acids is 3. The van der Waals surface area contributed by atoms with Crippen molar-refractivity contribution in [2.45, 2.75) is 211 Å². The fourth-order valence-electron chi connectivity index (χ4n) is 5.98. The van der Waals surface area contributed by atoms with Gasteiger partial charge in [0.05, 0.1) is 5.75 Å². The molecule has 0 aliphatic carbocycles. The van der Waals surface area contributed by atoms with E-state index in [4.69, 9.17) is 14.9 Å². The molecule has 3 aromatic heterocycles. The highest BCUT2D eigenvalue weighted by atomic mass is 32.2. The highest BCUT2D eigenvalue weighted by Gasteiger charge is 2.24. The fraction of sp³-hybridized carbons (Fsp3) is 0.875. The number of nitrogens with zero attached hydrogens (tertiary/aromatic N) is 10. The largest absolute Gasteiger partial charge is 0.451 e. The number of aromatic amines is 2. The Morgan fingerprint density at radius 1 is 0.639 bits per heavy atom. The summed E-state index contributed by atoms with van der Waals surface area (Å²) >= 11 is 0. The van der Waals surface area contributed by atoms with E-state index >= 15 is 0 Å². The number of sulfone groups is 1. The predicted molar refractivity (Wildman–Crippen MR) is 288 cm³/mol. The molecule has 0 aromatic carbocycles. The standard InChI is InChI=1S/2C9H16N4O.C7H14O.C6H12N4.C6H15O2P.C6H14O2S.C5H13BO2/c1-7(14)6-13-8(10-11-12-13)5-9(2,3)4;1-7(14)6-13-11-8(10-12-13)5-9(2,3)4;1-6(8)5-7(2,3)4;1-6(2,3)4-5-7-9-10-8-5;2*1-6(2,3)5-9(4,7)8;1-5(2,3)4-6(7)8/h2*5-6H2,1-4H3;5H2,1-4H3;4H2,1-3H3,(H,7,8,9,10);5H2,1-4H3,(H,7,8);5H2,1-4H3;7-8H,4H2,1-3H3/p+1. The van der Waals surface area contributed by atoms with Crippen LogP contribution in [0.25, 0.3) is 0 Å². The Balaban J connectivity index is -0.000000380. The van der Waals surface area contributed by atoms with Crippen molar-refractivity contribution in [1.82, 2.24) is 56.4 Å². The van der Waals surface area contributed by atoms with Crippen molar-refractivity contribution in [1.29, 1.82) is 0 Å². The summed E-state index contributed by atoms with van der Waals surface area (Å²) in [7, 11) is -6.73. The first-order valence-electron chi connectivity index (χ1n) is 24.2. The summed E-state index contributed by atoms with van der Waals surface area (Å²) < 4.78 is 33.8. The highest BCUT2D eigenvalue weighted by Crippen LogP contribution is 2.41. The summed E-state index contributed by atoms with van der Waals surface area (Å²) in [6, 6.07) is 0. The van der Waals surface area contributed by atoms with Crippen LogP contribution in [0.2, 0.25) is 6.32 Å². The van der Waals surface area contributed by atoms with Crippen LogP contribution in [0.15, 0.2) is 0 Å². The Morgan fingerprint density at radius 3 is 1.36 bits per heavy atom. The number of ketones is 3. The minimum atomic E-state index is -2.79. The third-order valence-electron chi connectivity index (χ3n) is 7.37. The third kappa shape index (κ3) is 62.5. The molecule has 21 nitrogen and oxygen atoms in total. The monoisotopic (exact) mass is 1060 g/mol. The van der Waals surface area contributed by atoms with E-state index in [9.17, 15) is 27.4 Å². The minimum Gasteiger partial charge on any atom is -0.427 e. The molecule has 0 fully saturated rings. The molecule has 0 aliphatic rings. The molecule has 0 saturated carbocycles. The van der Waals surface area contributed by atoms with Gasteiger partial charge in [-0.1, -0.05) is 156 Å². The maximum Gasteiger partial charge on any atom is 0.451 e. The molecule has 24 heteroatoms. The molecule has 0 bridgehead atoms. The fourth-order valence-corrected chi connectivity index (χ4v) is 9.31. The Hall–Kier alpha value is -3.66. The van der Waals surface area contributed by atoms with Crippen LogP contribution < -0.4 is 4.68 Å². The van der Waals surface area contributed by atoms with Gasteiger partial charge < -0.3 is 19.7 Å². The van der Waals surface area contributed by atoms with Crippen LogP contribution in [0.5, 0.6) is 0 Å². The quantitative estimate of drug-likeness (QED) is 0.0708. The number of hydrogen-bond donors (Lipinski definition) is 5. The Bertz CT molecular complexity index is 2120. The normalized spacial score (nSPS) is 12.9. The lowest BCUT2D eigenvalue weighted by molar-refractivity contribution is -0.749. The zero-order chi connectivity index (χ0) is 58.1. The minimum absolute atomic E-state index is 0.0220. The molecular weight excluding hydrogens is 962 g/mol. The van der Waals surface area contributed by atoms with Crippen molar-refractivity contribution in [2.75, 3.05) is 24.8 Å². The molecule has 5 N–H and O–H groups in total. The zero-order valence-corrected chi connectivity index (χ0v) is 51.3. The van der Waals surface area contributed by atoms with Crippen LogP contribution in [-0.2, 0) is 61.1 Å². The topological polar surface area (TPSA) is 307 Å². The van der Waals surface area contributed by atoms with Crippen LogP contribution in [0.1, 0.15) is 190 Å². The molecule has 420 valence electrons. The van der Waals surface area contributed by atoms with Crippen LogP contribution in [0.3, 0.4) is 0 Å². The molecule has 0 radical (unpaired) electrons. The Labute approximate surface area is 435 Å². The number of hydrogen-bond acceptors (Lipinski definition) is 16. The first kappa shape index (κ1) is 74.9. The van der Waals surface area contributed by atoms with Gasteiger partial charge in [-0.2, -0.15) is 14.7 Å². The number of tetrazole rings is 3. The van der Waals surface area contributed by atoms with Gasteiger partial charge in [0.2, 0.25) is 0 Å². The molecule has 0 aliphatic heterocycles. The molecule has 1 atom stereocenters. The summed E-state index contributed by atoms with van der Waals surface area (Å²) in [6.45, 7) is 49.4. The summed E-state index contributed by atoms with van der Waals surface area (Å²) in [5.41, 5.74) is 0.593. The van der Waals surface area contributed by atoms with Gasteiger partial charge in [0.15, 0.2) is 35.8 Å². The van der Waals surface area contributed by atoms with Gasteiger partial charge in [-0.05, 0) is 70.2 Å². The van der Waals surface area contributed by atoms with Gasteiger partial charge in [0, 0.05) is 44.8 Å². The Kier molecular flexibility index (Phi) is 33.2. The third-order valence-corrected chi connectivity index (χ3v) is 10.3. The van der Waals surface area contributed by atoms with E-state index in [0.29, 0.717) is 31.3 Å². The number of carbonyl (C=O) groups is 3. The van der Waals surface area contributed by atoms with E-state index in [1.54, 1.807) is 18.5 Å². The lowest BCUT2D eigenvalue weighted by atomic mass is 9.72. The van der Waals surface area contributed by atoms with E-state index in [1.165, 1.54) is 24.6 Å². The summed E-state index contributed by atoms with van der Waals surface area (Å²) in [4.78, 5) is 42.4. The number of aromatic nitrogens is 12. The second-order valence-corrected chi connectivity index (χ2v) is 31.6. The molecule has 72 heavy (non-hydrogen) atoms. The first-order chi connectivity index (χ1) is 31.6. The SMILES string of the molecule is CC(=O)CC(C)(C)C.CC(=O)C[n+]1[nH]nnc1CC(C)(C)C.CC(=O)Cn1nnc(CC(C)(C)C)n1.CC(C)(C)CB(O)O.CC(C)(C)CP(C)(=O)O.CC(C)(C)CS(C)(=O)=O.CC(C)(C)Cc1nn[nH]n1. The van der Waals surface area contributed by atoms with Crippen molar-refractivity contribution < 1.29 is 47.0 Å². The Morgan fingerprint density at radius 2 is 1.11 bits per heavy atom. The van der Waals surface area contributed by atoms with E-state index in [2.05, 4.69) is 135 Å². The van der Waals surface area contributed by atoms with Gasteiger partial charge in [-0.15, -0.1) is 20.4 Å². The molecule has 3 heterocycles. The van der Waals surface area contributed by atoms with Crippen LogP contribution >= 0.6 is 7.37 Å². The molecule has 1 unspecified atom stereocenters.